The highest BCUT2D eigenvalue weighted by Gasteiger charge is 2.23. The number of hydrogen-bond acceptors (Lipinski definition) is 4. The number of methoxy groups -OCH3 is 1. The van der Waals surface area contributed by atoms with Crippen molar-refractivity contribution >= 4 is 16.8 Å². The molecule has 1 aliphatic heterocycles. The highest BCUT2D eigenvalue weighted by Crippen LogP contribution is 2.23. The van der Waals surface area contributed by atoms with Gasteiger partial charge in [-0.2, -0.15) is 0 Å². The van der Waals surface area contributed by atoms with Gasteiger partial charge in [0.1, 0.15) is 11.6 Å². The summed E-state index contributed by atoms with van der Waals surface area (Å²) in [5.41, 5.74) is 2.86. The lowest BCUT2D eigenvalue weighted by Gasteiger charge is -2.23. The number of carbonyl (C=O) groups is 1. The fourth-order valence-corrected chi connectivity index (χ4v) is 3.96. The molecule has 0 radical (unpaired) electrons. The molecule has 0 atom stereocenters. The molecule has 156 valence electrons. The number of fused-ring (bicyclic) bond motifs is 1. The number of nitrogens with zero attached hydrogens (tertiary/aromatic N) is 3. The van der Waals surface area contributed by atoms with Gasteiger partial charge >= 0.3 is 0 Å². The summed E-state index contributed by atoms with van der Waals surface area (Å²) in [4.78, 5) is 22.0. The van der Waals surface area contributed by atoms with Crippen molar-refractivity contribution in [1.82, 2.24) is 14.8 Å². The number of rotatable bonds is 4. The van der Waals surface area contributed by atoms with E-state index < -0.39 is 0 Å². The second kappa shape index (κ2) is 8.79. The van der Waals surface area contributed by atoms with Crippen molar-refractivity contribution in [2.75, 3.05) is 33.3 Å². The van der Waals surface area contributed by atoms with Gasteiger partial charge in [-0.25, -0.2) is 4.39 Å². The smallest absolute Gasteiger partial charge is 0.255 e. The van der Waals surface area contributed by atoms with Gasteiger partial charge < -0.3 is 9.64 Å². The summed E-state index contributed by atoms with van der Waals surface area (Å²) in [6, 6.07) is 14.5. The first kappa shape index (κ1) is 20.3. The predicted octanol–water partition coefficient (Wildman–Crippen LogP) is 4.04. The van der Waals surface area contributed by atoms with Gasteiger partial charge in [0.05, 0.1) is 23.9 Å². The van der Waals surface area contributed by atoms with Crippen LogP contribution >= 0.6 is 0 Å². The average Bonchev–Trinajstić information content (AvgIpc) is 2.99. The van der Waals surface area contributed by atoms with Crippen LogP contribution < -0.4 is 4.74 Å². The van der Waals surface area contributed by atoms with E-state index in [2.05, 4.69) is 9.88 Å². The maximum atomic E-state index is 14.0. The number of halogens is 1. The van der Waals surface area contributed by atoms with Crippen LogP contribution in [0.15, 0.2) is 48.5 Å². The number of benzene rings is 2. The summed E-state index contributed by atoms with van der Waals surface area (Å²) >= 11 is 0. The molecule has 1 aromatic heterocycles. The fourth-order valence-electron chi connectivity index (χ4n) is 3.96. The molecule has 1 saturated heterocycles. The Bertz CT molecular complexity index is 1070. The Morgan fingerprint density at radius 2 is 1.93 bits per heavy atom. The first-order chi connectivity index (χ1) is 14.5. The molecule has 0 bridgehead atoms. The number of carbonyl (C=O) groups excluding carboxylic acids is 1. The minimum Gasteiger partial charge on any atom is -0.497 e. The normalized spacial score (nSPS) is 15.2. The molecule has 6 heteroatoms. The molecule has 1 fully saturated rings. The highest BCUT2D eigenvalue weighted by atomic mass is 19.1. The maximum absolute atomic E-state index is 14.0. The van der Waals surface area contributed by atoms with Crippen molar-refractivity contribution in [3.8, 4) is 5.75 Å². The molecule has 1 aliphatic rings. The van der Waals surface area contributed by atoms with Gasteiger partial charge in [0.25, 0.3) is 5.91 Å². The largest absolute Gasteiger partial charge is 0.497 e. The van der Waals surface area contributed by atoms with Crippen LogP contribution in [0, 0.1) is 12.7 Å². The Morgan fingerprint density at radius 3 is 2.73 bits per heavy atom. The van der Waals surface area contributed by atoms with Gasteiger partial charge in [0, 0.05) is 49.7 Å². The van der Waals surface area contributed by atoms with E-state index in [1.165, 1.54) is 6.07 Å². The minimum absolute atomic E-state index is 0.00506. The van der Waals surface area contributed by atoms with Crippen molar-refractivity contribution in [2.45, 2.75) is 19.9 Å². The maximum Gasteiger partial charge on any atom is 0.255 e. The third-order valence-corrected chi connectivity index (χ3v) is 5.67. The van der Waals surface area contributed by atoms with E-state index in [4.69, 9.17) is 4.74 Å². The minimum atomic E-state index is -0.177. The van der Waals surface area contributed by atoms with Crippen LogP contribution in [0.4, 0.5) is 4.39 Å². The number of ether oxygens (including phenoxy) is 1. The molecule has 30 heavy (non-hydrogen) atoms. The van der Waals surface area contributed by atoms with Crippen LogP contribution in [0.1, 0.15) is 28.0 Å². The van der Waals surface area contributed by atoms with Crippen LogP contribution in [-0.2, 0) is 6.54 Å². The summed E-state index contributed by atoms with van der Waals surface area (Å²) in [5.74, 6) is 0.575. The SMILES string of the molecule is COc1ccc2cc(C(=O)N3CCCN(Cc4ccccc4F)CC3)c(C)nc2c1. The van der Waals surface area contributed by atoms with Crippen molar-refractivity contribution < 1.29 is 13.9 Å². The average molecular weight is 407 g/mol. The summed E-state index contributed by atoms with van der Waals surface area (Å²) in [5, 5.41) is 0.917. The lowest BCUT2D eigenvalue weighted by molar-refractivity contribution is 0.0760. The number of hydrogen-bond donors (Lipinski definition) is 0. The number of aryl methyl sites for hydroxylation is 1. The molecular weight excluding hydrogens is 381 g/mol. The fraction of sp³-hybridized carbons (Fsp3) is 0.333. The monoisotopic (exact) mass is 407 g/mol. The Morgan fingerprint density at radius 1 is 1.10 bits per heavy atom. The Labute approximate surface area is 176 Å². The number of amides is 1. The highest BCUT2D eigenvalue weighted by molar-refractivity contribution is 5.98. The van der Waals surface area contributed by atoms with Crippen molar-refractivity contribution in [3.05, 3.63) is 71.2 Å². The number of aromatic nitrogens is 1. The second-order valence-electron chi connectivity index (χ2n) is 7.69. The van der Waals surface area contributed by atoms with E-state index >= 15 is 0 Å². The molecule has 0 saturated carbocycles. The van der Waals surface area contributed by atoms with Gasteiger partial charge in [-0.3, -0.25) is 14.7 Å². The third-order valence-electron chi connectivity index (χ3n) is 5.67. The second-order valence-corrected chi connectivity index (χ2v) is 7.69. The topological polar surface area (TPSA) is 45.7 Å². The van der Waals surface area contributed by atoms with Crippen molar-refractivity contribution in [2.24, 2.45) is 0 Å². The van der Waals surface area contributed by atoms with Crippen LogP contribution in [0.5, 0.6) is 5.75 Å². The predicted molar refractivity (Wildman–Crippen MR) is 115 cm³/mol. The van der Waals surface area contributed by atoms with Gasteiger partial charge in [-0.15, -0.1) is 0 Å². The van der Waals surface area contributed by atoms with E-state index in [1.807, 2.05) is 48.2 Å². The molecule has 4 rings (SSSR count). The molecule has 1 amide bonds. The first-order valence-corrected chi connectivity index (χ1v) is 10.3. The lowest BCUT2D eigenvalue weighted by atomic mass is 10.1. The van der Waals surface area contributed by atoms with E-state index in [9.17, 15) is 9.18 Å². The molecule has 0 N–H and O–H groups in total. The molecule has 0 spiro atoms. The molecule has 5 nitrogen and oxygen atoms in total. The first-order valence-electron chi connectivity index (χ1n) is 10.3. The standard InChI is InChI=1S/C24H26FN3O2/c1-17-21(14-18-8-9-20(30-2)15-23(18)26-17)24(29)28-11-5-10-27(12-13-28)16-19-6-3-4-7-22(19)25/h3-4,6-9,14-15H,5,10-13,16H2,1-2H3. The van der Waals surface area contributed by atoms with Crippen molar-refractivity contribution in [3.63, 3.8) is 0 Å². The zero-order valence-electron chi connectivity index (χ0n) is 17.4. The summed E-state index contributed by atoms with van der Waals surface area (Å²) < 4.78 is 19.3. The summed E-state index contributed by atoms with van der Waals surface area (Å²) in [7, 11) is 1.63. The van der Waals surface area contributed by atoms with E-state index in [0.717, 1.165) is 36.2 Å². The summed E-state index contributed by atoms with van der Waals surface area (Å²) in [6.07, 6.45) is 0.859. The molecule has 0 unspecified atom stereocenters. The van der Waals surface area contributed by atoms with Crippen molar-refractivity contribution in [1.29, 1.82) is 0 Å². The number of pyridine rings is 1. The zero-order valence-corrected chi connectivity index (χ0v) is 17.4. The van der Waals surface area contributed by atoms with E-state index in [0.29, 0.717) is 36.5 Å². The Balaban J connectivity index is 1.48. The van der Waals surface area contributed by atoms with Crippen LogP contribution in [-0.4, -0.2) is 54.0 Å². The quantitative estimate of drug-likeness (QED) is 0.655. The molecule has 0 aliphatic carbocycles. The summed E-state index contributed by atoms with van der Waals surface area (Å²) in [6.45, 7) is 5.30. The Kier molecular flexibility index (Phi) is 5.95. The zero-order chi connectivity index (χ0) is 21.1. The van der Waals surface area contributed by atoms with Crippen LogP contribution in [0.3, 0.4) is 0 Å². The lowest BCUT2D eigenvalue weighted by Crippen LogP contribution is -2.35. The molecular formula is C24H26FN3O2. The van der Waals surface area contributed by atoms with Gasteiger partial charge in [0.2, 0.25) is 0 Å². The van der Waals surface area contributed by atoms with Gasteiger partial charge in [-0.1, -0.05) is 18.2 Å². The third kappa shape index (κ3) is 4.28. The van der Waals surface area contributed by atoms with E-state index in [1.54, 1.807) is 13.2 Å². The molecule has 3 aromatic rings. The Hall–Kier alpha value is -2.99. The van der Waals surface area contributed by atoms with E-state index in [-0.39, 0.29) is 11.7 Å². The van der Waals surface area contributed by atoms with Gasteiger partial charge in [0.15, 0.2) is 0 Å². The molecule has 2 heterocycles. The van der Waals surface area contributed by atoms with Crippen LogP contribution in [0.2, 0.25) is 0 Å². The van der Waals surface area contributed by atoms with Crippen LogP contribution in [0.25, 0.3) is 10.9 Å². The molecule has 2 aromatic carbocycles. The van der Waals surface area contributed by atoms with Gasteiger partial charge in [-0.05, 0) is 37.6 Å².